The van der Waals surface area contributed by atoms with Crippen LogP contribution in [-0.4, -0.2) is 24.4 Å². The number of aliphatic hydroxyl groups is 1. The van der Waals surface area contributed by atoms with Crippen LogP contribution in [-0.2, 0) is 4.74 Å². The Kier molecular flexibility index (Phi) is 2.56. The van der Waals surface area contributed by atoms with E-state index < -0.39 is 0 Å². The summed E-state index contributed by atoms with van der Waals surface area (Å²) in [5, 5.41) is 10.7. The van der Waals surface area contributed by atoms with E-state index in [1.165, 1.54) is 38.5 Å². The van der Waals surface area contributed by atoms with Gasteiger partial charge in [0, 0.05) is 18.4 Å². The Labute approximate surface area is 134 Å². The molecule has 0 aliphatic heterocycles. The molecule has 1 spiro atoms. The highest BCUT2D eigenvalue weighted by molar-refractivity contribution is 5.28. The fourth-order valence-corrected chi connectivity index (χ4v) is 8.14. The molecular weight excluding hydrogens is 272 g/mol. The van der Waals surface area contributed by atoms with Gasteiger partial charge >= 0.3 is 0 Å². The number of allylic oxidation sites excluding steroid dienone is 1. The van der Waals surface area contributed by atoms with Gasteiger partial charge in [0.25, 0.3) is 0 Å². The van der Waals surface area contributed by atoms with Crippen molar-refractivity contribution < 1.29 is 9.84 Å². The fourth-order valence-electron chi connectivity index (χ4n) is 8.14. The minimum Gasteiger partial charge on any atom is -0.389 e. The van der Waals surface area contributed by atoms with Gasteiger partial charge in [0.15, 0.2) is 0 Å². The molecule has 2 nitrogen and oxygen atoms in total. The van der Waals surface area contributed by atoms with Gasteiger partial charge in [-0.05, 0) is 67.1 Å². The Morgan fingerprint density at radius 3 is 2.73 bits per heavy atom. The van der Waals surface area contributed by atoms with Gasteiger partial charge in [-0.1, -0.05) is 26.0 Å². The molecular formula is C20H30O2. The lowest BCUT2D eigenvalue weighted by atomic mass is 9.46. The van der Waals surface area contributed by atoms with Crippen LogP contribution in [0.1, 0.15) is 52.4 Å². The highest BCUT2D eigenvalue weighted by atomic mass is 16.5. The quantitative estimate of drug-likeness (QED) is 0.747. The van der Waals surface area contributed by atoms with Crippen LogP contribution in [0.2, 0.25) is 0 Å². The van der Waals surface area contributed by atoms with Crippen LogP contribution in [0.4, 0.5) is 0 Å². The molecule has 5 aliphatic rings. The standard InChI is InChI=1S/C20H30O2/c1-18-7-5-14-13(17(18)15(21)6-8-18)10-16(22-3)20-11-12(20)4-9-19(14,20)2/h6,8,12-17,21H,4-5,7,9-11H2,1-3H3/t12-,13-,14+,15-,16-,17-,18-,19-,20+/m1/s1. The topological polar surface area (TPSA) is 29.5 Å². The second kappa shape index (κ2) is 4.00. The number of aliphatic hydroxyl groups excluding tert-OH is 1. The van der Waals surface area contributed by atoms with E-state index in [4.69, 9.17) is 4.74 Å². The van der Waals surface area contributed by atoms with E-state index in [9.17, 15) is 5.11 Å². The molecule has 0 heterocycles. The Hall–Kier alpha value is -0.340. The van der Waals surface area contributed by atoms with Crippen LogP contribution < -0.4 is 0 Å². The molecule has 4 fully saturated rings. The van der Waals surface area contributed by atoms with Crippen LogP contribution in [0, 0.1) is 39.9 Å². The first-order valence-corrected chi connectivity index (χ1v) is 9.36. The monoisotopic (exact) mass is 302 g/mol. The lowest BCUT2D eigenvalue weighted by molar-refractivity contribution is -0.163. The van der Waals surface area contributed by atoms with Gasteiger partial charge < -0.3 is 9.84 Å². The summed E-state index contributed by atoms with van der Waals surface area (Å²) in [6.45, 7) is 4.96. The van der Waals surface area contributed by atoms with Gasteiger partial charge in [0.2, 0.25) is 0 Å². The van der Waals surface area contributed by atoms with E-state index in [1.54, 1.807) is 0 Å². The lowest BCUT2D eigenvalue weighted by Gasteiger charge is -2.60. The molecule has 0 unspecified atom stereocenters. The zero-order valence-electron chi connectivity index (χ0n) is 14.2. The summed E-state index contributed by atoms with van der Waals surface area (Å²) >= 11 is 0. The molecule has 1 N–H and O–H groups in total. The largest absolute Gasteiger partial charge is 0.389 e. The number of methoxy groups -OCH3 is 1. The van der Waals surface area contributed by atoms with Gasteiger partial charge in [-0.25, -0.2) is 0 Å². The van der Waals surface area contributed by atoms with Gasteiger partial charge in [-0.15, -0.1) is 0 Å². The van der Waals surface area contributed by atoms with Gasteiger partial charge in [0.1, 0.15) is 0 Å². The van der Waals surface area contributed by atoms with Crippen molar-refractivity contribution in [3.05, 3.63) is 12.2 Å². The third-order valence-electron chi connectivity index (χ3n) is 9.17. The van der Waals surface area contributed by atoms with Crippen LogP contribution in [0.3, 0.4) is 0 Å². The summed E-state index contributed by atoms with van der Waals surface area (Å²) < 4.78 is 6.08. The van der Waals surface area contributed by atoms with Crippen LogP contribution in [0.5, 0.6) is 0 Å². The van der Waals surface area contributed by atoms with Crippen molar-refractivity contribution >= 4 is 0 Å². The predicted molar refractivity (Wildman–Crippen MR) is 86.3 cm³/mol. The Bertz CT molecular complexity index is 542. The summed E-state index contributed by atoms with van der Waals surface area (Å²) in [6, 6.07) is 0. The maximum Gasteiger partial charge on any atom is 0.0760 e. The normalized spacial score (nSPS) is 64.7. The second-order valence-corrected chi connectivity index (χ2v) is 9.55. The van der Waals surface area contributed by atoms with E-state index in [0.29, 0.717) is 28.8 Å². The molecule has 0 bridgehead atoms. The number of hydrogen-bond donors (Lipinski definition) is 1. The summed E-state index contributed by atoms with van der Waals surface area (Å²) in [6.07, 6.45) is 12.6. The van der Waals surface area contributed by atoms with Crippen molar-refractivity contribution in [3.63, 3.8) is 0 Å². The molecule has 22 heavy (non-hydrogen) atoms. The first-order valence-electron chi connectivity index (χ1n) is 9.36. The molecule has 0 radical (unpaired) electrons. The average molecular weight is 302 g/mol. The molecule has 5 aliphatic carbocycles. The number of ether oxygens (including phenoxy) is 1. The lowest BCUT2D eigenvalue weighted by Crippen LogP contribution is -2.57. The zero-order chi connectivity index (χ0) is 15.3. The van der Waals surface area contributed by atoms with Crippen molar-refractivity contribution in [3.8, 4) is 0 Å². The zero-order valence-corrected chi connectivity index (χ0v) is 14.2. The van der Waals surface area contributed by atoms with Crippen molar-refractivity contribution in [2.24, 2.45) is 39.9 Å². The molecule has 0 aromatic heterocycles. The minimum absolute atomic E-state index is 0.224. The van der Waals surface area contributed by atoms with Crippen molar-refractivity contribution in [2.75, 3.05) is 7.11 Å². The predicted octanol–water partition coefficient (Wildman–Crippen LogP) is 3.79. The highest BCUT2D eigenvalue weighted by Gasteiger charge is 2.77. The molecule has 122 valence electrons. The van der Waals surface area contributed by atoms with Gasteiger partial charge in [-0.2, -0.15) is 0 Å². The molecule has 5 rings (SSSR count). The molecule has 9 atom stereocenters. The van der Waals surface area contributed by atoms with Crippen molar-refractivity contribution in [1.29, 1.82) is 0 Å². The van der Waals surface area contributed by atoms with E-state index in [1.807, 2.05) is 7.11 Å². The Morgan fingerprint density at radius 1 is 1.18 bits per heavy atom. The van der Waals surface area contributed by atoms with E-state index in [-0.39, 0.29) is 11.5 Å². The Balaban J connectivity index is 1.58. The van der Waals surface area contributed by atoms with Crippen molar-refractivity contribution in [1.82, 2.24) is 0 Å². The third-order valence-corrected chi connectivity index (χ3v) is 9.17. The summed E-state index contributed by atoms with van der Waals surface area (Å²) in [7, 11) is 1.93. The van der Waals surface area contributed by atoms with E-state index >= 15 is 0 Å². The number of fused-ring (bicyclic) bond motifs is 4. The maximum atomic E-state index is 10.7. The van der Waals surface area contributed by atoms with Gasteiger partial charge in [0.05, 0.1) is 12.2 Å². The molecule has 2 heteroatoms. The van der Waals surface area contributed by atoms with Crippen molar-refractivity contribution in [2.45, 2.75) is 64.6 Å². The van der Waals surface area contributed by atoms with E-state index in [0.717, 1.165) is 11.8 Å². The second-order valence-electron chi connectivity index (χ2n) is 9.55. The van der Waals surface area contributed by atoms with Crippen LogP contribution >= 0.6 is 0 Å². The smallest absolute Gasteiger partial charge is 0.0760 e. The minimum atomic E-state index is -0.232. The first kappa shape index (κ1) is 14.0. The summed E-state index contributed by atoms with van der Waals surface area (Å²) in [4.78, 5) is 0. The Morgan fingerprint density at radius 2 is 2.00 bits per heavy atom. The average Bonchev–Trinajstić information content (AvgIpc) is 3.04. The number of rotatable bonds is 1. The third kappa shape index (κ3) is 1.33. The fraction of sp³-hybridized carbons (Fsp3) is 0.900. The molecule has 0 saturated heterocycles. The molecule has 0 amide bonds. The molecule has 0 aromatic carbocycles. The summed E-state index contributed by atoms with van der Waals surface area (Å²) in [5.74, 6) is 2.81. The van der Waals surface area contributed by atoms with Crippen LogP contribution in [0.15, 0.2) is 12.2 Å². The summed E-state index contributed by atoms with van der Waals surface area (Å²) in [5.41, 5.74) is 1.18. The molecule has 0 aromatic rings. The van der Waals surface area contributed by atoms with Crippen LogP contribution in [0.25, 0.3) is 0 Å². The first-order chi connectivity index (χ1) is 10.5. The number of hydrogen-bond acceptors (Lipinski definition) is 2. The SMILES string of the molecule is CO[C@@H]1C[C@H]2[C@@H]3[C@H](O)C=C[C@@]3(C)CC[C@@H]2[C@@]2(C)CC[C@@H]3C[C@]312. The molecule has 4 saturated carbocycles. The van der Waals surface area contributed by atoms with Gasteiger partial charge in [-0.3, -0.25) is 0 Å². The maximum absolute atomic E-state index is 10.7. The van der Waals surface area contributed by atoms with E-state index in [2.05, 4.69) is 26.0 Å². The highest BCUT2D eigenvalue weighted by Crippen LogP contribution is 2.81.